The SMILES string of the molecule is C=C(Br)CNC(=O)NC(C)(C)CC(=O)O. The van der Waals surface area contributed by atoms with Gasteiger partial charge in [0.15, 0.2) is 0 Å². The van der Waals surface area contributed by atoms with Gasteiger partial charge in [0.25, 0.3) is 0 Å². The van der Waals surface area contributed by atoms with Gasteiger partial charge in [-0.1, -0.05) is 22.5 Å². The first-order chi connectivity index (χ1) is 6.73. The minimum Gasteiger partial charge on any atom is -0.481 e. The summed E-state index contributed by atoms with van der Waals surface area (Å²) in [5.74, 6) is -0.954. The van der Waals surface area contributed by atoms with Gasteiger partial charge >= 0.3 is 12.0 Å². The number of carbonyl (C=O) groups excluding carboxylic acids is 1. The highest BCUT2D eigenvalue weighted by molar-refractivity contribution is 9.11. The fourth-order valence-corrected chi connectivity index (χ4v) is 1.09. The maximum absolute atomic E-state index is 11.3. The van der Waals surface area contributed by atoms with E-state index < -0.39 is 17.5 Å². The van der Waals surface area contributed by atoms with Gasteiger partial charge in [-0.15, -0.1) is 0 Å². The Morgan fingerprint density at radius 1 is 1.47 bits per heavy atom. The van der Waals surface area contributed by atoms with Gasteiger partial charge in [0.05, 0.1) is 13.0 Å². The molecular weight excluding hydrogens is 264 g/mol. The number of carboxylic acid groups (broad SMARTS) is 1. The van der Waals surface area contributed by atoms with Crippen LogP contribution in [0.4, 0.5) is 4.79 Å². The van der Waals surface area contributed by atoms with Gasteiger partial charge in [0.2, 0.25) is 0 Å². The Morgan fingerprint density at radius 3 is 2.40 bits per heavy atom. The Morgan fingerprint density at radius 2 is 2.00 bits per heavy atom. The third-order valence-corrected chi connectivity index (χ3v) is 1.77. The van der Waals surface area contributed by atoms with Crippen molar-refractivity contribution in [1.29, 1.82) is 0 Å². The Kier molecular flexibility index (Phi) is 5.35. The van der Waals surface area contributed by atoms with Gasteiger partial charge in [-0.25, -0.2) is 4.79 Å². The van der Waals surface area contributed by atoms with Crippen LogP contribution in [-0.4, -0.2) is 29.2 Å². The molecule has 0 atom stereocenters. The normalized spacial score (nSPS) is 10.6. The quantitative estimate of drug-likeness (QED) is 0.712. The van der Waals surface area contributed by atoms with Crippen molar-refractivity contribution in [3.05, 3.63) is 11.1 Å². The molecule has 0 aromatic heterocycles. The largest absolute Gasteiger partial charge is 0.481 e. The number of carbonyl (C=O) groups is 2. The van der Waals surface area contributed by atoms with Crippen LogP contribution >= 0.6 is 15.9 Å². The average molecular weight is 279 g/mol. The lowest BCUT2D eigenvalue weighted by atomic mass is 10.0. The van der Waals surface area contributed by atoms with Gasteiger partial charge in [0, 0.05) is 10.0 Å². The molecular formula is C9H15BrN2O3. The van der Waals surface area contributed by atoms with Crippen molar-refractivity contribution in [2.75, 3.05) is 6.54 Å². The van der Waals surface area contributed by atoms with E-state index in [2.05, 4.69) is 33.1 Å². The van der Waals surface area contributed by atoms with Crippen LogP contribution in [0.25, 0.3) is 0 Å². The van der Waals surface area contributed by atoms with Crippen molar-refractivity contribution in [3.63, 3.8) is 0 Å². The first-order valence-electron chi connectivity index (χ1n) is 4.34. The number of nitrogens with one attached hydrogen (secondary N) is 2. The Labute approximate surface area is 97.1 Å². The number of hydrogen-bond donors (Lipinski definition) is 3. The zero-order valence-corrected chi connectivity index (χ0v) is 10.3. The molecule has 0 radical (unpaired) electrons. The number of urea groups is 1. The summed E-state index contributed by atoms with van der Waals surface area (Å²) in [5.41, 5.74) is -0.774. The van der Waals surface area contributed by atoms with Crippen LogP contribution in [-0.2, 0) is 4.79 Å². The van der Waals surface area contributed by atoms with E-state index in [1.165, 1.54) is 0 Å². The van der Waals surface area contributed by atoms with Crippen LogP contribution in [0.1, 0.15) is 20.3 Å². The highest BCUT2D eigenvalue weighted by atomic mass is 79.9. The molecule has 15 heavy (non-hydrogen) atoms. The molecule has 0 aromatic carbocycles. The zero-order valence-electron chi connectivity index (χ0n) is 8.76. The van der Waals surface area contributed by atoms with Gasteiger partial charge in [-0.3, -0.25) is 4.79 Å². The summed E-state index contributed by atoms with van der Waals surface area (Å²) in [6.07, 6.45) is -0.129. The summed E-state index contributed by atoms with van der Waals surface area (Å²) in [6, 6.07) is -0.415. The second kappa shape index (κ2) is 5.75. The van der Waals surface area contributed by atoms with Crippen LogP contribution < -0.4 is 10.6 Å². The molecule has 0 rings (SSSR count). The first-order valence-corrected chi connectivity index (χ1v) is 5.13. The van der Waals surface area contributed by atoms with Crippen LogP contribution in [0.15, 0.2) is 11.1 Å². The van der Waals surface area contributed by atoms with Gasteiger partial charge < -0.3 is 15.7 Å². The number of carboxylic acids is 1. The molecule has 0 aliphatic carbocycles. The number of rotatable bonds is 5. The van der Waals surface area contributed by atoms with Gasteiger partial charge in [-0.2, -0.15) is 0 Å². The van der Waals surface area contributed by atoms with E-state index in [0.717, 1.165) is 0 Å². The first kappa shape index (κ1) is 14.0. The summed E-state index contributed by atoms with van der Waals surface area (Å²) < 4.78 is 0.647. The molecule has 0 saturated heterocycles. The predicted molar refractivity (Wildman–Crippen MR) is 60.9 cm³/mol. The van der Waals surface area contributed by atoms with E-state index in [-0.39, 0.29) is 6.42 Å². The van der Waals surface area contributed by atoms with Crippen molar-refractivity contribution < 1.29 is 14.7 Å². The van der Waals surface area contributed by atoms with E-state index in [9.17, 15) is 9.59 Å². The van der Waals surface area contributed by atoms with Crippen molar-refractivity contribution >= 4 is 27.9 Å². The monoisotopic (exact) mass is 278 g/mol. The second-order valence-electron chi connectivity index (χ2n) is 3.78. The highest BCUT2D eigenvalue weighted by Crippen LogP contribution is 2.07. The number of aliphatic carboxylic acids is 1. The van der Waals surface area contributed by atoms with Crippen molar-refractivity contribution in [2.24, 2.45) is 0 Å². The lowest BCUT2D eigenvalue weighted by Gasteiger charge is -2.24. The minimum atomic E-state index is -0.954. The van der Waals surface area contributed by atoms with E-state index in [1.807, 2.05) is 0 Å². The molecule has 0 bridgehead atoms. The Balaban J connectivity index is 4.04. The van der Waals surface area contributed by atoms with Gasteiger partial charge in [0.1, 0.15) is 0 Å². The number of amides is 2. The lowest BCUT2D eigenvalue weighted by molar-refractivity contribution is -0.138. The molecule has 0 unspecified atom stereocenters. The topological polar surface area (TPSA) is 78.4 Å². The average Bonchev–Trinajstić information content (AvgIpc) is 1.96. The Hall–Kier alpha value is -1.04. The molecule has 3 N–H and O–H groups in total. The molecule has 0 aromatic rings. The van der Waals surface area contributed by atoms with Crippen molar-refractivity contribution in [3.8, 4) is 0 Å². The molecule has 0 heterocycles. The minimum absolute atomic E-state index is 0.129. The molecule has 0 fully saturated rings. The fourth-order valence-electron chi connectivity index (χ4n) is 0.950. The molecule has 86 valence electrons. The highest BCUT2D eigenvalue weighted by Gasteiger charge is 2.23. The maximum atomic E-state index is 11.3. The van der Waals surface area contributed by atoms with Crippen LogP contribution in [0.5, 0.6) is 0 Å². The molecule has 0 saturated carbocycles. The summed E-state index contributed by atoms with van der Waals surface area (Å²) in [5, 5.41) is 13.7. The van der Waals surface area contributed by atoms with Crippen molar-refractivity contribution in [2.45, 2.75) is 25.8 Å². The smallest absolute Gasteiger partial charge is 0.315 e. The van der Waals surface area contributed by atoms with Gasteiger partial charge in [-0.05, 0) is 13.8 Å². The molecule has 6 heteroatoms. The summed E-state index contributed by atoms with van der Waals surface area (Å²) in [4.78, 5) is 21.7. The maximum Gasteiger partial charge on any atom is 0.315 e. The van der Waals surface area contributed by atoms with Crippen LogP contribution in [0.2, 0.25) is 0 Å². The molecule has 5 nitrogen and oxygen atoms in total. The molecule has 0 aliphatic rings. The van der Waals surface area contributed by atoms with E-state index in [0.29, 0.717) is 11.0 Å². The zero-order chi connectivity index (χ0) is 12.1. The summed E-state index contributed by atoms with van der Waals surface area (Å²) in [6.45, 7) is 7.14. The summed E-state index contributed by atoms with van der Waals surface area (Å²) >= 11 is 3.09. The van der Waals surface area contributed by atoms with Crippen LogP contribution in [0.3, 0.4) is 0 Å². The van der Waals surface area contributed by atoms with E-state index in [1.54, 1.807) is 13.8 Å². The fraction of sp³-hybridized carbons (Fsp3) is 0.556. The molecule has 2 amide bonds. The summed E-state index contributed by atoms with van der Waals surface area (Å²) in [7, 11) is 0. The molecule has 0 spiro atoms. The third kappa shape index (κ3) is 7.99. The van der Waals surface area contributed by atoms with E-state index >= 15 is 0 Å². The predicted octanol–water partition coefficient (Wildman–Crippen LogP) is 1.45. The van der Waals surface area contributed by atoms with E-state index in [4.69, 9.17) is 5.11 Å². The standard InChI is InChI=1S/C9H15BrN2O3/c1-6(10)5-11-8(15)12-9(2,3)4-7(13)14/h1,4-5H2,2-3H3,(H,13,14)(H2,11,12,15). The van der Waals surface area contributed by atoms with Crippen molar-refractivity contribution in [1.82, 2.24) is 10.6 Å². The number of halogens is 1. The second-order valence-corrected chi connectivity index (χ2v) is 4.90. The van der Waals surface area contributed by atoms with Crippen LogP contribution in [0, 0.1) is 0 Å². The third-order valence-electron chi connectivity index (χ3n) is 1.49. The lowest BCUT2D eigenvalue weighted by Crippen LogP contribution is -2.49. The molecule has 0 aliphatic heterocycles. The number of hydrogen-bond acceptors (Lipinski definition) is 2. The Bertz CT molecular complexity index is 277.